The maximum atomic E-state index is 4.63. The third kappa shape index (κ3) is 2.98. The molecule has 0 saturated carbocycles. The topological polar surface area (TPSA) is 42.7 Å². The fourth-order valence-electron chi connectivity index (χ4n) is 3.17. The number of fused-ring (bicyclic) bond motifs is 1. The van der Waals surface area contributed by atoms with Gasteiger partial charge in [-0.25, -0.2) is 0 Å². The van der Waals surface area contributed by atoms with Crippen LogP contribution in [0.15, 0.2) is 67.0 Å². The Morgan fingerprint density at radius 3 is 2.68 bits per heavy atom. The first kappa shape index (κ1) is 15.4. The highest BCUT2D eigenvalue weighted by molar-refractivity contribution is 5.92. The predicted octanol–water partition coefficient (Wildman–Crippen LogP) is 4.56. The highest BCUT2D eigenvalue weighted by atomic mass is 15.3. The zero-order valence-corrected chi connectivity index (χ0v) is 14.4. The summed E-state index contributed by atoms with van der Waals surface area (Å²) >= 11 is 0. The Morgan fingerprint density at radius 1 is 1.00 bits per heavy atom. The van der Waals surface area contributed by atoms with E-state index in [4.69, 9.17) is 0 Å². The van der Waals surface area contributed by atoms with Crippen LogP contribution in [-0.4, -0.2) is 14.8 Å². The van der Waals surface area contributed by atoms with Crippen molar-refractivity contribution in [3.05, 3.63) is 78.1 Å². The molecule has 0 aliphatic carbocycles. The number of nitrogens with zero attached hydrogens (tertiary/aromatic N) is 3. The van der Waals surface area contributed by atoms with Crippen molar-refractivity contribution in [2.45, 2.75) is 13.5 Å². The Kier molecular flexibility index (Phi) is 3.94. The van der Waals surface area contributed by atoms with Crippen LogP contribution in [0.2, 0.25) is 0 Å². The molecule has 4 nitrogen and oxygen atoms in total. The van der Waals surface area contributed by atoms with E-state index >= 15 is 0 Å². The van der Waals surface area contributed by atoms with E-state index in [1.165, 1.54) is 11.1 Å². The highest BCUT2D eigenvalue weighted by Crippen LogP contribution is 2.26. The first-order valence-corrected chi connectivity index (χ1v) is 8.38. The van der Waals surface area contributed by atoms with Crippen LogP contribution in [-0.2, 0) is 13.6 Å². The summed E-state index contributed by atoms with van der Waals surface area (Å²) in [5.41, 5.74) is 6.65. The summed E-state index contributed by atoms with van der Waals surface area (Å²) in [4.78, 5) is 4.51. The van der Waals surface area contributed by atoms with E-state index in [0.717, 1.165) is 27.8 Å². The Labute approximate surface area is 147 Å². The fraction of sp³-hybridized carbons (Fsp3) is 0.143. The van der Waals surface area contributed by atoms with E-state index in [1.807, 2.05) is 42.2 Å². The van der Waals surface area contributed by atoms with Crippen molar-refractivity contribution in [3.8, 4) is 11.3 Å². The van der Waals surface area contributed by atoms with E-state index in [0.29, 0.717) is 6.54 Å². The van der Waals surface area contributed by atoms with Gasteiger partial charge in [0, 0.05) is 48.2 Å². The monoisotopic (exact) mass is 328 g/mol. The number of anilines is 1. The molecule has 2 aromatic carbocycles. The summed E-state index contributed by atoms with van der Waals surface area (Å²) in [7, 11) is 1.96. The number of rotatable bonds is 4. The standard InChI is InChI=1S/C21H20N4/c1-15-7-6-10-18-19(11-12-22-20(15)18)23-13-17-14-25(2)24-21(17)16-8-4-3-5-9-16/h3-12,14H,13H2,1-2H3,(H,22,23). The van der Waals surface area contributed by atoms with Crippen LogP contribution in [0.1, 0.15) is 11.1 Å². The average Bonchev–Trinajstić information content (AvgIpc) is 3.02. The van der Waals surface area contributed by atoms with Crippen molar-refractivity contribution in [1.82, 2.24) is 14.8 Å². The maximum Gasteiger partial charge on any atom is 0.0972 e. The van der Waals surface area contributed by atoms with Gasteiger partial charge < -0.3 is 5.32 Å². The molecule has 0 unspecified atom stereocenters. The maximum absolute atomic E-state index is 4.63. The van der Waals surface area contributed by atoms with E-state index in [1.54, 1.807) is 0 Å². The molecule has 0 amide bonds. The minimum atomic E-state index is 0.713. The average molecular weight is 328 g/mol. The van der Waals surface area contributed by atoms with Crippen molar-refractivity contribution >= 4 is 16.6 Å². The second-order valence-corrected chi connectivity index (χ2v) is 6.23. The Balaban J connectivity index is 1.66. The molecular formula is C21H20N4. The number of benzene rings is 2. The molecule has 124 valence electrons. The molecule has 0 bridgehead atoms. The van der Waals surface area contributed by atoms with Crippen molar-refractivity contribution in [3.63, 3.8) is 0 Å². The lowest BCUT2D eigenvalue weighted by atomic mass is 10.1. The van der Waals surface area contributed by atoms with Crippen LogP contribution in [0.4, 0.5) is 5.69 Å². The van der Waals surface area contributed by atoms with Crippen molar-refractivity contribution in [2.75, 3.05) is 5.32 Å². The van der Waals surface area contributed by atoms with Gasteiger partial charge >= 0.3 is 0 Å². The van der Waals surface area contributed by atoms with E-state index in [9.17, 15) is 0 Å². The molecule has 0 saturated heterocycles. The molecule has 0 spiro atoms. The summed E-state index contributed by atoms with van der Waals surface area (Å²) < 4.78 is 1.87. The molecule has 0 radical (unpaired) electrons. The van der Waals surface area contributed by atoms with Gasteiger partial charge in [-0.15, -0.1) is 0 Å². The molecule has 0 atom stereocenters. The number of pyridine rings is 1. The third-order valence-electron chi connectivity index (χ3n) is 4.39. The van der Waals surface area contributed by atoms with Crippen LogP contribution in [0.25, 0.3) is 22.2 Å². The minimum absolute atomic E-state index is 0.713. The number of para-hydroxylation sites is 1. The van der Waals surface area contributed by atoms with Crippen LogP contribution < -0.4 is 5.32 Å². The third-order valence-corrected chi connectivity index (χ3v) is 4.39. The highest BCUT2D eigenvalue weighted by Gasteiger charge is 2.11. The Bertz CT molecular complexity index is 1020. The van der Waals surface area contributed by atoms with E-state index < -0.39 is 0 Å². The summed E-state index contributed by atoms with van der Waals surface area (Å²) in [6, 6.07) is 18.6. The predicted molar refractivity (Wildman–Crippen MR) is 102 cm³/mol. The Hall–Kier alpha value is -3.14. The van der Waals surface area contributed by atoms with Crippen LogP contribution in [0, 0.1) is 6.92 Å². The lowest BCUT2D eigenvalue weighted by Crippen LogP contribution is -2.01. The van der Waals surface area contributed by atoms with Gasteiger partial charge in [-0.3, -0.25) is 9.67 Å². The summed E-state index contributed by atoms with van der Waals surface area (Å²) in [6.45, 7) is 2.80. The minimum Gasteiger partial charge on any atom is -0.380 e. The molecule has 2 heterocycles. The normalized spacial score (nSPS) is 11.0. The zero-order valence-electron chi connectivity index (χ0n) is 14.4. The molecule has 4 aromatic rings. The number of aromatic nitrogens is 3. The molecular weight excluding hydrogens is 308 g/mol. The van der Waals surface area contributed by atoms with Gasteiger partial charge in [0.2, 0.25) is 0 Å². The first-order valence-electron chi connectivity index (χ1n) is 8.38. The van der Waals surface area contributed by atoms with Gasteiger partial charge in [-0.1, -0.05) is 48.5 Å². The van der Waals surface area contributed by atoms with Gasteiger partial charge in [0.15, 0.2) is 0 Å². The molecule has 4 rings (SSSR count). The number of hydrogen-bond acceptors (Lipinski definition) is 3. The smallest absolute Gasteiger partial charge is 0.0972 e. The van der Waals surface area contributed by atoms with Gasteiger partial charge in [0.25, 0.3) is 0 Å². The second-order valence-electron chi connectivity index (χ2n) is 6.23. The van der Waals surface area contributed by atoms with Gasteiger partial charge in [0.1, 0.15) is 0 Å². The number of aryl methyl sites for hydroxylation is 2. The van der Waals surface area contributed by atoms with E-state index in [-0.39, 0.29) is 0 Å². The van der Waals surface area contributed by atoms with Crippen molar-refractivity contribution in [2.24, 2.45) is 7.05 Å². The molecule has 25 heavy (non-hydrogen) atoms. The quantitative estimate of drug-likeness (QED) is 0.597. The molecule has 4 heteroatoms. The lowest BCUT2D eigenvalue weighted by Gasteiger charge is -2.10. The van der Waals surface area contributed by atoms with Crippen molar-refractivity contribution in [1.29, 1.82) is 0 Å². The zero-order chi connectivity index (χ0) is 17.2. The summed E-state index contributed by atoms with van der Waals surface area (Å²) in [5.74, 6) is 0. The second kappa shape index (κ2) is 6.40. The fourth-order valence-corrected chi connectivity index (χ4v) is 3.17. The SMILES string of the molecule is Cc1cccc2c(NCc3cn(C)nc3-c3ccccc3)ccnc12. The van der Waals surface area contributed by atoms with Gasteiger partial charge in [-0.05, 0) is 18.6 Å². The number of nitrogens with one attached hydrogen (secondary N) is 1. The molecule has 2 aromatic heterocycles. The molecule has 0 aliphatic rings. The van der Waals surface area contributed by atoms with Gasteiger partial charge in [0.05, 0.1) is 11.2 Å². The van der Waals surface area contributed by atoms with E-state index in [2.05, 4.69) is 58.9 Å². The van der Waals surface area contributed by atoms with Crippen LogP contribution >= 0.6 is 0 Å². The van der Waals surface area contributed by atoms with Crippen LogP contribution in [0.3, 0.4) is 0 Å². The molecule has 1 N–H and O–H groups in total. The summed E-state index contributed by atoms with van der Waals surface area (Å²) in [6.07, 6.45) is 3.93. The van der Waals surface area contributed by atoms with Crippen LogP contribution in [0.5, 0.6) is 0 Å². The van der Waals surface area contributed by atoms with Gasteiger partial charge in [-0.2, -0.15) is 5.10 Å². The largest absolute Gasteiger partial charge is 0.380 e. The Morgan fingerprint density at radius 2 is 1.84 bits per heavy atom. The molecule has 0 aliphatic heterocycles. The molecule has 0 fully saturated rings. The lowest BCUT2D eigenvalue weighted by molar-refractivity contribution is 0.770. The number of hydrogen-bond donors (Lipinski definition) is 1. The van der Waals surface area contributed by atoms with Crippen molar-refractivity contribution < 1.29 is 0 Å². The summed E-state index contributed by atoms with van der Waals surface area (Å²) in [5, 5.41) is 9.34. The first-order chi connectivity index (χ1) is 12.2.